The van der Waals surface area contributed by atoms with E-state index < -0.39 is 0 Å². The van der Waals surface area contributed by atoms with Gasteiger partial charge in [-0.3, -0.25) is 14.6 Å². The van der Waals surface area contributed by atoms with Crippen molar-refractivity contribution in [3.8, 4) is 0 Å². The van der Waals surface area contributed by atoms with Gasteiger partial charge >= 0.3 is 0 Å². The van der Waals surface area contributed by atoms with Gasteiger partial charge in [0.2, 0.25) is 5.91 Å². The van der Waals surface area contributed by atoms with Crippen LogP contribution in [0.3, 0.4) is 0 Å². The van der Waals surface area contributed by atoms with Crippen LogP contribution >= 0.6 is 11.6 Å². The van der Waals surface area contributed by atoms with Crippen molar-refractivity contribution in [2.75, 3.05) is 24.4 Å². The van der Waals surface area contributed by atoms with E-state index in [1.807, 2.05) is 13.0 Å². The van der Waals surface area contributed by atoms with E-state index in [-0.39, 0.29) is 18.4 Å². The highest BCUT2D eigenvalue weighted by molar-refractivity contribution is 6.35. The van der Waals surface area contributed by atoms with Crippen LogP contribution in [0.15, 0.2) is 48.5 Å². The maximum absolute atomic E-state index is 12.8. The Bertz CT molecular complexity index is 1000. The maximum atomic E-state index is 12.8. The largest absolute Gasteiger partial charge is 0.375 e. The number of aromatic nitrogens is 1. The average Bonchev–Trinajstić information content (AvgIpc) is 2.63. The molecular weight excluding hydrogens is 366 g/mol. The number of benzene rings is 2. The van der Waals surface area contributed by atoms with Crippen LogP contribution in [0.2, 0.25) is 5.02 Å². The maximum Gasteiger partial charge on any atom is 0.256 e. The fraction of sp³-hybridized carbons (Fsp3) is 0.150. The molecule has 0 atom stereocenters. The normalized spacial score (nSPS) is 10.6. The van der Waals surface area contributed by atoms with E-state index >= 15 is 0 Å². The number of hydrogen-bond acceptors (Lipinski definition) is 4. The van der Waals surface area contributed by atoms with Crippen LogP contribution in [0.1, 0.15) is 16.1 Å². The molecule has 0 bridgehead atoms. The van der Waals surface area contributed by atoms with Gasteiger partial charge in [0.15, 0.2) is 0 Å². The van der Waals surface area contributed by atoms with Crippen LogP contribution in [0.25, 0.3) is 10.9 Å². The van der Waals surface area contributed by atoms with Gasteiger partial charge in [-0.05, 0) is 43.3 Å². The first-order chi connectivity index (χ1) is 13.0. The number of aryl methyl sites for hydroxylation is 1. The molecule has 6 nitrogen and oxygen atoms in total. The van der Waals surface area contributed by atoms with Gasteiger partial charge in [0, 0.05) is 29.6 Å². The van der Waals surface area contributed by atoms with E-state index in [1.54, 1.807) is 42.5 Å². The molecule has 0 aliphatic heterocycles. The summed E-state index contributed by atoms with van der Waals surface area (Å²) in [5, 5.41) is 6.74. The molecule has 0 saturated carbocycles. The highest BCUT2D eigenvalue weighted by Crippen LogP contribution is 2.26. The molecule has 0 aliphatic rings. The predicted molar refractivity (Wildman–Crippen MR) is 106 cm³/mol. The first kappa shape index (κ1) is 18.8. The van der Waals surface area contributed by atoms with E-state index in [0.29, 0.717) is 38.6 Å². The van der Waals surface area contributed by atoms with Crippen LogP contribution in [-0.4, -0.2) is 30.5 Å². The van der Waals surface area contributed by atoms with Gasteiger partial charge < -0.3 is 15.4 Å². The molecule has 3 rings (SSSR count). The molecule has 2 aromatic carbocycles. The van der Waals surface area contributed by atoms with E-state index in [9.17, 15) is 9.59 Å². The summed E-state index contributed by atoms with van der Waals surface area (Å²) in [6, 6.07) is 13.9. The Morgan fingerprint density at radius 3 is 2.41 bits per heavy atom. The van der Waals surface area contributed by atoms with Crippen molar-refractivity contribution in [1.29, 1.82) is 0 Å². The van der Waals surface area contributed by atoms with Crippen molar-refractivity contribution in [3.63, 3.8) is 0 Å². The lowest BCUT2D eigenvalue weighted by molar-refractivity contribution is -0.119. The Labute approximate surface area is 161 Å². The molecular formula is C20H18ClN3O3. The minimum atomic E-state index is -0.260. The monoisotopic (exact) mass is 383 g/mol. The molecule has 1 aromatic heterocycles. The third-order valence-corrected chi connectivity index (χ3v) is 4.17. The first-order valence-corrected chi connectivity index (χ1v) is 8.62. The number of halogens is 1. The number of nitrogens with zero attached hydrogens (tertiary/aromatic N) is 1. The molecule has 3 aromatic rings. The molecule has 27 heavy (non-hydrogen) atoms. The number of amides is 2. The van der Waals surface area contributed by atoms with Gasteiger partial charge in [-0.2, -0.15) is 0 Å². The van der Waals surface area contributed by atoms with Crippen molar-refractivity contribution in [2.45, 2.75) is 6.92 Å². The number of fused-ring (bicyclic) bond motifs is 1. The van der Waals surface area contributed by atoms with Crippen molar-refractivity contribution >= 4 is 45.7 Å². The number of para-hydroxylation sites is 1. The molecule has 0 saturated heterocycles. The van der Waals surface area contributed by atoms with E-state index in [4.69, 9.17) is 16.3 Å². The zero-order valence-electron chi connectivity index (χ0n) is 14.9. The lowest BCUT2D eigenvalue weighted by Gasteiger charge is -2.11. The van der Waals surface area contributed by atoms with Gasteiger partial charge in [0.25, 0.3) is 5.91 Å². The minimum Gasteiger partial charge on any atom is -0.375 e. The summed E-state index contributed by atoms with van der Waals surface area (Å²) >= 11 is 6.21. The Morgan fingerprint density at radius 1 is 1.07 bits per heavy atom. The number of carbonyl (C=O) groups excluding carboxylic acids is 2. The topological polar surface area (TPSA) is 80.3 Å². The summed E-state index contributed by atoms with van der Waals surface area (Å²) < 4.78 is 4.77. The number of pyridine rings is 1. The highest BCUT2D eigenvalue weighted by atomic mass is 35.5. The lowest BCUT2D eigenvalue weighted by atomic mass is 10.1. The predicted octanol–water partition coefficient (Wildman–Crippen LogP) is 4.03. The van der Waals surface area contributed by atoms with Gasteiger partial charge in [-0.25, -0.2) is 0 Å². The zero-order valence-corrected chi connectivity index (χ0v) is 15.6. The zero-order chi connectivity index (χ0) is 19.4. The third kappa shape index (κ3) is 4.42. The molecule has 2 N–H and O–H groups in total. The number of hydrogen-bond donors (Lipinski definition) is 2. The van der Waals surface area contributed by atoms with Crippen molar-refractivity contribution < 1.29 is 14.3 Å². The summed E-state index contributed by atoms with van der Waals surface area (Å²) in [6.07, 6.45) is 0. The Kier molecular flexibility index (Phi) is 5.69. The second-order valence-corrected chi connectivity index (χ2v) is 6.37. The molecule has 138 valence electrons. The fourth-order valence-corrected chi connectivity index (χ4v) is 2.91. The molecule has 2 amide bonds. The third-order valence-electron chi connectivity index (χ3n) is 3.86. The second-order valence-electron chi connectivity index (χ2n) is 5.96. The quantitative estimate of drug-likeness (QED) is 0.697. The molecule has 1 heterocycles. The molecule has 0 spiro atoms. The highest BCUT2D eigenvalue weighted by Gasteiger charge is 2.14. The van der Waals surface area contributed by atoms with Gasteiger partial charge in [-0.1, -0.05) is 23.7 Å². The smallest absolute Gasteiger partial charge is 0.256 e. The summed E-state index contributed by atoms with van der Waals surface area (Å²) in [5.41, 5.74) is 3.02. The number of nitrogens with one attached hydrogen (secondary N) is 2. The Morgan fingerprint density at radius 2 is 1.74 bits per heavy atom. The number of anilines is 2. The number of rotatable bonds is 5. The number of ether oxygens (including phenoxy) is 1. The standard InChI is InChI=1S/C20H18ClN3O3/c1-12-10-16(15-4-3-5-17(21)19(15)22-12)20(26)24-14-8-6-13(7-9-14)23-18(25)11-27-2/h3-10H,11H2,1-2H3,(H,23,25)(H,24,26). The van der Waals surface area contributed by atoms with Crippen molar-refractivity contribution in [1.82, 2.24) is 4.98 Å². The van der Waals surface area contributed by atoms with Crippen LogP contribution < -0.4 is 10.6 Å². The second kappa shape index (κ2) is 8.16. The summed E-state index contributed by atoms with van der Waals surface area (Å²) in [7, 11) is 1.45. The number of carbonyl (C=O) groups is 2. The van der Waals surface area contributed by atoms with Crippen molar-refractivity contribution in [3.05, 3.63) is 64.8 Å². The molecule has 0 fully saturated rings. The Balaban J connectivity index is 1.81. The van der Waals surface area contributed by atoms with Crippen LogP contribution in [-0.2, 0) is 9.53 Å². The van der Waals surface area contributed by atoms with Crippen LogP contribution in [0, 0.1) is 6.92 Å². The first-order valence-electron chi connectivity index (χ1n) is 8.24. The summed E-state index contributed by atoms with van der Waals surface area (Å²) in [6.45, 7) is 1.80. The number of methoxy groups -OCH3 is 1. The van der Waals surface area contributed by atoms with Gasteiger partial charge in [0.05, 0.1) is 16.1 Å². The van der Waals surface area contributed by atoms with Gasteiger partial charge in [0.1, 0.15) is 6.61 Å². The van der Waals surface area contributed by atoms with E-state index in [0.717, 1.165) is 0 Å². The molecule has 7 heteroatoms. The SMILES string of the molecule is COCC(=O)Nc1ccc(NC(=O)c2cc(C)nc3c(Cl)cccc23)cc1. The minimum absolute atomic E-state index is 0.0183. The molecule has 0 aliphatic carbocycles. The molecule has 0 unspecified atom stereocenters. The summed E-state index contributed by atoms with van der Waals surface area (Å²) in [5.74, 6) is -0.506. The van der Waals surface area contributed by atoms with E-state index in [1.165, 1.54) is 7.11 Å². The van der Waals surface area contributed by atoms with Crippen LogP contribution in [0.5, 0.6) is 0 Å². The van der Waals surface area contributed by atoms with E-state index in [2.05, 4.69) is 15.6 Å². The summed E-state index contributed by atoms with van der Waals surface area (Å²) in [4.78, 5) is 28.7. The van der Waals surface area contributed by atoms with Gasteiger partial charge in [-0.15, -0.1) is 0 Å². The van der Waals surface area contributed by atoms with Crippen LogP contribution in [0.4, 0.5) is 11.4 Å². The lowest BCUT2D eigenvalue weighted by Crippen LogP contribution is -2.17. The van der Waals surface area contributed by atoms with Crippen molar-refractivity contribution in [2.24, 2.45) is 0 Å². The fourth-order valence-electron chi connectivity index (χ4n) is 2.69. The Hall–Kier alpha value is -2.96. The molecule has 0 radical (unpaired) electrons. The average molecular weight is 384 g/mol.